The molecule has 0 aromatic rings. The standard InChI is InChI=1S/C17H28O3/c1-14(2)5-4-8-16(3)9-6-15(13-18)7-10-17(16)19-11-12-20-17/h5-6,18H,4,7-13H2,1-3H3. The van der Waals surface area contributed by atoms with Crippen LogP contribution in [0.4, 0.5) is 0 Å². The van der Waals surface area contributed by atoms with E-state index < -0.39 is 5.79 Å². The highest BCUT2D eigenvalue weighted by molar-refractivity contribution is 5.12. The van der Waals surface area contributed by atoms with Gasteiger partial charge in [0, 0.05) is 11.8 Å². The molecule has 1 heterocycles. The van der Waals surface area contributed by atoms with E-state index in [1.165, 1.54) is 5.57 Å². The lowest BCUT2D eigenvalue weighted by molar-refractivity contribution is -0.236. The smallest absolute Gasteiger partial charge is 0.174 e. The van der Waals surface area contributed by atoms with Gasteiger partial charge in [-0.3, -0.25) is 0 Å². The van der Waals surface area contributed by atoms with Gasteiger partial charge in [0.15, 0.2) is 5.79 Å². The molecule has 0 saturated carbocycles. The highest BCUT2D eigenvalue weighted by atomic mass is 16.7. The molecule has 3 heteroatoms. The van der Waals surface area contributed by atoms with Gasteiger partial charge in [0.05, 0.1) is 19.8 Å². The first-order chi connectivity index (χ1) is 9.51. The van der Waals surface area contributed by atoms with Crippen LogP contribution in [-0.4, -0.2) is 30.7 Å². The Kier molecular flexibility index (Phi) is 5.05. The van der Waals surface area contributed by atoms with E-state index in [4.69, 9.17) is 9.47 Å². The van der Waals surface area contributed by atoms with E-state index in [-0.39, 0.29) is 12.0 Å². The Labute approximate surface area is 122 Å². The Hall–Kier alpha value is -0.640. The summed E-state index contributed by atoms with van der Waals surface area (Å²) in [6, 6.07) is 0. The summed E-state index contributed by atoms with van der Waals surface area (Å²) in [5.74, 6) is -0.462. The lowest BCUT2D eigenvalue weighted by Crippen LogP contribution is -2.47. The number of hydrogen-bond donors (Lipinski definition) is 1. The Balaban J connectivity index is 2.18. The largest absolute Gasteiger partial charge is 0.392 e. The van der Waals surface area contributed by atoms with E-state index in [2.05, 4.69) is 32.9 Å². The van der Waals surface area contributed by atoms with Crippen LogP contribution < -0.4 is 0 Å². The maximum atomic E-state index is 9.41. The predicted octanol–water partition coefficient (Wildman–Crippen LogP) is 3.58. The SMILES string of the molecule is CC(C)=CCCC1(C)CC=C(CO)CCC12OCCO2. The fourth-order valence-electron chi connectivity index (χ4n) is 3.32. The quantitative estimate of drug-likeness (QED) is 0.800. The van der Waals surface area contributed by atoms with Crippen LogP contribution in [0.5, 0.6) is 0 Å². The zero-order valence-electron chi connectivity index (χ0n) is 13.1. The zero-order chi connectivity index (χ0) is 14.6. The van der Waals surface area contributed by atoms with Crippen molar-refractivity contribution in [3.63, 3.8) is 0 Å². The van der Waals surface area contributed by atoms with Crippen molar-refractivity contribution in [1.82, 2.24) is 0 Å². The van der Waals surface area contributed by atoms with Gasteiger partial charge in [-0.05, 0) is 45.1 Å². The van der Waals surface area contributed by atoms with E-state index >= 15 is 0 Å². The van der Waals surface area contributed by atoms with Gasteiger partial charge < -0.3 is 14.6 Å². The molecule has 0 aromatic heterocycles. The molecule has 1 aliphatic carbocycles. The Bertz CT molecular complexity index is 387. The minimum atomic E-state index is -0.462. The molecule has 1 N–H and O–H groups in total. The summed E-state index contributed by atoms with van der Waals surface area (Å²) in [6.45, 7) is 8.07. The molecule has 1 fully saturated rings. The molecule has 1 aliphatic heterocycles. The summed E-state index contributed by atoms with van der Waals surface area (Å²) in [5.41, 5.74) is 2.46. The molecule has 1 saturated heterocycles. The molecule has 2 aliphatic rings. The minimum Gasteiger partial charge on any atom is -0.392 e. The summed E-state index contributed by atoms with van der Waals surface area (Å²) >= 11 is 0. The highest BCUT2D eigenvalue weighted by Gasteiger charge is 2.52. The van der Waals surface area contributed by atoms with Gasteiger partial charge in [0.1, 0.15) is 0 Å². The van der Waals surface area contributed by atoms with Gasteiger partial charge in [-0.25, -0.2) is 0 Å². The molecule has 0 aromatic carbocycles. The normalized spacial score (nSPS) is 29.1. The number of hydrogen-bond acceptors (Lipinski definition) is 3. The summed E-state index contributed by atoms with van der Waals surface area (Å²) < 4.78 is 12.1. The average Bonchev–Trinajstić information content (AvgIpc) is 2.83. The van der Waals surface area contributed by atoms with E-state index in [0.29, 0.717) is 13.2 Å². The van der Waals surface area contributed by atoms with Gasteiger partial charge in [-0.15, -0.1) is 0 Å². The van der Waals surface area contributed by atoms with E-state index in [9.17, 15) is 5.11 Å². The Morgan fingerprint density at radius 1 is 1.35 bits per heavy atom. The second-order valence-corrected chi connectivity index (χ2v) is 6.56. The molecule has 0 radical (unpaired) electrons. The van der Waals surface area contributed by atoms with Crippen LogP contribution in [0.2, 0.25) is 0 Å². The Morgan fingerprint density at radius 2 is 2.05 bits per heavy atom. The third-order valence-electron chi connectivity index (χ3n) is 4.74. The summed E-state index contributed by atoms with van der Waals surface area (Å²) in [4.78, 5) is 0. The van der Waals surface area contributed by atoms with Crippen molar-refractivity contribution >= 4 is 0 Å². The van der Waals surface area contributed by atoms with Gasteiger partial charge in [-0.1, -0.05) is 24.6 Å². The molecule has 3 nitrogen and oxygen atoms in total. The second kappa shape index (κ2) is 6.42. The van der Waals surface area contributed by atoms with Gasteiger partial charge in [0.25, 0.3) is 0 Å². The van der Waals surface area contributed by atoms with Crippen LogP contribution in [0, 0.1) is 5.41 Å². The van der Waals surface area contributed by atoms with Crippen LogP contribution in [0.1, 0.15) is 52.9 Å². The van der Waals surface area contributed by atoms with Crippen LogP contribution in [0.15, 0.2) is 23.3 Å². The lowest BCUT2D eigenvalue weighted by Gasteiger charge is -2.43. The molecule has 20 heavy (non-hydrogen) atoms. The predicted molar refractivity (Wildman–Crippen MR) is 80.4 cm³/mol. The summed E-state index contributed by atoms with van der Waals surface area (Å²) in [7, 11) is 0. The van der Waals surface area contributed by atoms with Crippen LogP contribution in [0.3, 0.4) is 0 Å². The summed E-state index contributed by atoms with van der Waals surface area (Å²) in [6.07, 6.45) is 9.22. The fourth-order valence-corrected chi connectivity index (χ4v) is 3.32. The molecule has 0 bridgehead atoms. The van der Waals surface area contributed by atoms with Crippen molar-refractivity contribution < 1.29 is 14.6 Å². The van der Waals surface area contributed by atoms with E-state index in [1.807, 2.05) is 0 Å². The van der Waals surface area contributed by atoms with Crippen molar-refractivity contribution in [1.29, 1.82) is 0 Å². The first-order valence-electron chi connectivity index (χ1n) is 7.71. The maximum Gasteiger partial charge on any atom is 0.174 e. The molecule has 2 rings (SSSR count). The number of aliphatic hydroxyl groups is 1. The third kappa shape index (κ3) is 3.16. The number of rotatable bonds is 4. The topological polar surface area (TPSA) is 38.7 Å². The van der Waals surface area contributed by atoms with E-state index in [1.54, 1.807) is 0 Å². The van der Waals surface area contributed by atoms with Crippen molar-refractivity contribution in [3.05, 3.63) is 23.3 Å². The molecule has 114 valence electrons. The summed E-state index contributed by atoms with van der Waals surface area (Å²) in [5, 5.41) is 9.41. The number of ether oxygens (including phenoxy) is 2. The zero-order valence-corrected chi connectivity index (χ0v) is 13.1. The molecule has 1 spiro atoms. The molecular weight excluding hydrogens is 252 g/mol. The fraction of sp³-hybridized carbons (Fsp3) is 0.765. The maximum absolute atomic E-state index is 9.41. The minimum absolute atomic E-state index is 0.0215. The Morgan fingerprint density at radius 3 is 2.65 bits per heavy atom. The molecule has 1 unspecified atom stereocenters. The molecular formula is C17H28O3. The van der Waals surface area contributed by atoms with Gasteiger partial charge >= 0.3 is 0 Å². The van der Waals surface area contributed by atoms with Crippen molar-refractivity contribution in [2.75, 3.05) is 19.8 Å². The number of aliphatic hydroxyl groups excluding tert-OH is 1. The van der Waals surface area contributed by atoms with Crippen molar-refractivity contribution in [3.8, 4) is 0 Å². The van der Waals surface area contributed by atoms with E-state index in [0.717, 1.165) is 37.7 Å². The second-order valence-electron chi connectivity index (χ2n) is 6.56. The van der Waals surface area contributed by atoms with Gasteiger partial charge in [0.2, 0.25) is 0 Å². The van der Waals surface area contributed by atoms with Crippen LogP contribution in [-0.2, 0) is 9.47 Å². The number of allylic oxidation sites excluding steroid dienone is 3. The third-order valence-corrected chi connectivity index (χ3v) is 4.74. The molecule has 1 atom stereocenters. The van der Waals surface area contributed by atoms with Crippen LogP contribution >= 0.6 is 0 Å². The average molecular weight is 280 g/mol. The van der Waals surface area contributed by atoms with Crippen molar-refractivity contribution in [2.45, 2.75) is 58.7 Å². The van der Waals surface area contributed by atoms with Gasteiger partial charge in [-0.2, -0.15) is 0 Å². The van der Waals surface area contributed by atoms with Crippen LogP contribution in [0.25, 0.3) is 0 Å². The first kappa shape index (κ1) is 15.7. The first-order valence-corrected chi connectivity index (χ1v) is 7.71. The lowest BCUT2D eigenvalue weighted by atomic mass is 9.73. The highest BCUT2D eigenvalue weighted by Crippen LogP contribution is 2.50. The molecule has 0 amide bonds. The van der Waals surface area contributed by atoms with Crippen molar-refractivity contribution in [2.24, 2.45) is 5.41 Å². The monoisotopic (exact) mass is 280 g/mol.